The number of nitrogens with one attached hydrogen (secondary N) is 2. The van der Waals surface area contributed by atoms with Crippen LogP contribution in [0.15, 0.2) is 84.9 Å². The lowest BCUT2D eigenvalue weighted by Gasteiger charge is -2.31. The van der Waals surface area contributed by atoms with E-state index in [9.17, 15) is 8.78 Å². The highest BCUT2D eigenvalue weighted by Gasteiger charge is 2.28. The fourth-order valence-electron chi connectivity index (χ4n) is 6.33. The minimum atomic E-state index is -0.354. The molecular formula is C34H34Cl2F2N2. The Morgan fingerprint density at radius 2 is 1.02 bits per heavy atom. The van der Waals surface area contributed by atoms with Crippen LogP contribution in [-0.2, 0) is 0 Å². The van der Waals surface area contributed by atoms with Crippen LogP contribution in [-0.4, -0.2) is 14.1 Å². The van der Waals surface area contributed by atoms with Crippen LogP contribution in [0.1, 0.15) is 83.0 Å². The Kier molecular flexibility index (Phi) is 9.22. The van der Waals surface area contributed by atoms with Crippen molar-refractivity contribution in [3.63, 3.8) is 0 Å². The highest BCUT2D eigenvalue weighted by Crippen LogP contribution is 2.42. The lowest BCUT2D eigenvalue weighted by Crippen LogP contribution is -2.24. The maximum atomic E-state index is 13.7. The summed E-state index contributed by atoms with van der Waals surface area (Å²) in [7, 11) is 3.99. The van der Waals surface area contributed by atoms with Crippen molar-refractivity contribution >= 4 is 23.2 Å². The number of rotatable bonds is 4. The maximum Gasteiger partial charge on any atom is 0.142 e. The van der Waals surface area contributed by atoms with Crippen molar-refractivity contribution in [2.75, 3.05) is 14.1 Å². The van der Waals surface area contributed by atoms with Gasteiger partial charge in [-0.15, -0.1) is 0 Å². The molecule has 40 heavy (non-hydrogen) atoms. The molecule has 2 aliphatic rings. The van der Waals surface area contributed by atoms with Gasteiger partial charge in [-0.3, -0.25) is 0 Å². The maximum absolute atomic E-state index is 13.7. The number of halogens is 4. The van der Waals surface area contributed by atoms with Gasteiger partial charge in [0.05, 0.1) is 10.0 Å². The molecule has 208 valence electrons. The minimum absolute atomic E-state index is 0.186. The van der Waals surface area contributed by atoms with E-state index in [-0.39, 0.29) is 27.6 Å². The molecule has 0 saturated carbocycles. The van der Waals surface area contributed by atoms with Crippen molar-refractivity contribution in [3.8, 4) is 0 Å². The molecule has 4 aromatic carbocycles. The zero-order chi connectivity index (χ0) is 28.2. The van der Waals surface area contributed by atoms with E-state index >= 15 is 0 Å². The average molecular weight is 580 g/mol. The Morgan fingerprint density at radius 3 is 1.50 bits per heavy atom. The third-order valence-corrected chi connectivity index (χ3v) is 8.97. The van der Waals surface area contributed by atoms with E-state index in [1.807, 2.05) is 26.2 Å². The summed E-state index contributed by atoms with van der Waals surface area (Å²) in [6, 6.07) is 27.9. The number of hydrogen-bond donors (Lipinski definition) is 2. The first-order chi connectivity index (χ1) is 19.4. The van der Waals surface area contributed by atoms with E-state index < -0.39 is 0 Å². The van der Waals surface area contributed by atoms with Gasteiger partial charge in [-0.25, -0.2) is 8.78 Å². The smallest absolute Gasteiger partial charge is 0.142 e. The Bertz CT molecular complexity index is 1360. The van der Waals surface area contributed by atoms with Crippen molar-refractivity contribution in [1.82, 2.24) is 10.6 Å². The largest absolute Gasteiger partial charge is 0.313 e. The standard InChI is InChI=1S/2C17H17ClFN/c1-20-17-9-7-12(13-4-2-3-5-14(13)17)11-6-8-16(19)15(18)10-11;1-20-17-9-7-12(13-4-2-3-5-14(13)17)11-6-8-15(18)16(19)10-11/h2*2-6,8,10,12,17,20H,7,9H2,1H3/t2*12-,17-/m00/s1. The molecule has 0 saturated heterocycles. The van der Waals surface area contributed by atoms with Gasteiger partial charge < -0.3 is 10.6 Å². The van der Waals surface area contributed by atoms with Gasteiger partial charge >= 0.3 is 0 Å². The predicted molar refractivity (Wildman–Crippen MR) is 161 cm³/mol. The molecule has 4 atom stereocenters. The van der Waals surface area contributed by atoms with Gasteiger partial charge in [0.1, 0.15) is 11.6 Å². The monoisotopic (exact) mass is 578 g/mol. The van der Waals surface area contributed by atoms with E-state index in [2.05, 4.69) is 59.2 Å². The fourth-order valence-corrected chi connectivity index (χ4v) is 6.64. The van der Waals surface area contributed by atoms with E-state index in [4.69, 9.17) is 23.2 Å². The topological polar surface area (TPSA) is 24.1 Å². The van der Waals surface area contributed by atoms with E-state index in [0.717, 1.165) is 36.8 Å². The summed E-state index contributed by atoms with van der Waals surface area (Å²) in [5, 5.41) is 7.11. The second kappa shape index (κ2) is 12.8. The first-order valence-electron chi connectivity index (χ1n) is 13.8. The van der Waals surface area contributed by atoms with Gasteiger partial charge in [-0.05, 0) is 97.4 Å². The molecule has 0 amide bonds. The lowest BCUT2D eigenvalue weighted by molar-refractivity contribution is 0.470. The van der Waals surface area contributed by atoms with Crippen LogP contribution in [0, 0.1) is 11.6 Å². The Morgan fingerprint density at radius 1 is 0.550 bits per heavy atom. The zero-order valence-corrected chi connectivity index (χ0v) is 24.2. The van der Waals surface area contributed by atoms with E-state index in [1.54, 1.807) is 18.2 Å². The zero-order valence-electron chi connectivity index (χ0n) is 22.7. The summed E-state index contributed by atoms with van der Waals surface area (Å²) in [5.41, 5.74) is 7.38. The first kappa shape index (κ1) is 28.8. The molecule has 4 aromatic rings. The summed E-state index contributed by atoms with van der Waals surface area (Å²) >= 11 is 11.7. The molecule has 2 nitrogen and oxygen atoms in total. The normalized spacial score (nSPS) is 21.6. The van der Waals surface area contributed by atoms with Crippen molar-refractivity contribution in [3.05, 3.63) is 140 Å². The molecule has 0 fully saturated rings. The third-order valence-electron chi connectivity index (χ3n) is 8.37. The van der Waals surface area contributed by atoms with Gasteiger partial charge in [0.2, 0.25) is 0 Å². The highest BCUT2D eigenvalue weighted by atomic mass is 35.5. The SMILES string of the molecule is CN[C@H]1CC[C@@H](c2ccc(Cl)c(F)c2)c2ccccc21.CN[C@H]1CC[C@@H](c2ccc(F)c(Cl)c2)c2ccccc21. The van der Waals surface area contributed by atoms with Crippen LogP contribution in [0.4, 0.5) is 8.78 Å². The molecular weight excluding hydrogens is 545 g/mol. The second-order valence-electron chi connectivity index (χ2n) is 10.5. The summed E-state index contributed by atoms with van der Waals surface area (Å²) < 4.78 is 27.0. The van der Waals surface area contributed by atoms with Crippen molar-refractivity contribution in [2.45, 2.75) is 49.6 Å². The molecule has 2 N–H and O–H groups in total. The summed E-state index contributed by atoms with van der Waals surface area (Å²) in [4.78, 5) is 0. The van der Waals surface area contributed by atoms with Crippen molar-refractivity contribution < 1.29 is 8.78 Å². The average Bonchev–Trinajstić information content (AvgIpc) is 2.99. The molecule has 6 heteroatoms. The molecule has 0 spiro atoms. The number of hydrogen-bond acceptors (Lipinski definition) is 2. The molecule has 0 bridgehead atoms. The molecule has 0 heterocycles. The van der Waals surface area contributed by atoms with Crippen LogP contribution in [0.25, 0.3) is 0 Å². The fraction of sp³-hybridized carbons (Fsp3) is 0.294. The van der Waals surface area contributed by atoms with Gasteiger partial charge in [-0.1, -0.05) is 83.9 Å². The summed E-state index contributed by atoms with van der Waals surface area (Å²) in [5.74, 6) is -0.138. The quantitative estimate of drug-likeness (QED) is 0.252. The molecule has 6 rings (SSSR count). The van der Waals surface area contributed by atoms with E-state index in [1.165, 1.54) is 28.3 Å². The predicted octanol–water partition coefficient (Wildman–Crippen LogP) is 9.33. The molecule has 0 aliphatic heterocycles. The number of fused-ring (bicyclic) bond motifs is 2. The Labute approximate surface area is 245 Å². The highest BCUT2D eigenvalue weighted by molar-refractivity contribution is 6.31. The van der Waals surface area contributed by atoms with Crippen molar-refractivity contribution in [2.24, 2.45) is 0 Å². The summed E-state index contributed by atoms with van der Waals surface area (Å²) in [6.07, 6.45) is 4.20. The van der Waals surface area contributed by atoms with Gasteiger partial charge in [0.15, 0.2) is 0 Å². The van der Waals surface area contributed by atoms with Crippen LogP contribution in [0.2, 0.25) is 10.0 Å². The van der Waals surface area contributed by atoms with Gasteiger partial charge in [0, 0.05) is 23.9 Å². The first-order valence-corrected chi connectivity index (χ1v) is 14.6. The molecule has 0 aromatic heterocycles. The third kappa shape index (κ3) is 5.96. The minimum Gasteiger partial charge on any atom is -0.313 e. The van der Waals surface area contributed by atoms with E-state index in [0.29, 0.717) is 18.0 Å². The van der Waals surface area contributed by atoms with Crippen LogP contribution >= 0.6 is 23.2 Å². The Hall–Kier alpha value is -2.76. The second-order valence-corrected chi connectivity index (χ2v) is 11.4. The lowest BCUT2D eigenvalue weighted by atomic mass is 9.77. The van der Waals surface area contributed by atoms with Gasteiger partial charge in [0.25, 0.3) is 0 Å². The Balaban J connectivity index is 0.000000161. The van der Waals surface area contributed by atoms with Crippen LogP contribution in [0.5, 0.6) is 0 Å². The van der Waals surface area contributed by atoms with Crippen molar-refractivity contribution in [1.29, 1.82) is 0 Å². The van der Waals surface area contributed by atoms with Crippen LogP contribution < -0.4 is 10.6 Å². The molecule has 2 aliphatic carbocycles. The van der Waals surface area contributed by atoms with Gasteiger partial charge in [-0.2, -0.15) is 0 Å². The molecule has 0 unspecified atom stereocenters. The number of benzene rings is 4. The van der Waals surface area contributed by atoms with Crippen LogP contribution in [0.3, 0.4) is 0 Å². The summed E-state index contributed by atoms with van der Waals surface area (Å²) in [6.45, 7) is 0. The molecule has 0 radical (unpaired) electrons.